The van der Waals surface area contributed by atoms with Crippen LogP contribution in [0.3, 0.4) is 0 Å². The van der Waals surface area contributed by atoms with E-state index in [-0.39, 0.29) is 13.0 Å². The summed E-state index contributed by atoms with van der Waals surface area (Å²) in [6.07, 6.45) is -1.66. The minimum absolute atomic E-state index is 0.136. The molecule has 0 aliphatic carbocycles. The van der Waals surface area contributed by atoms with E-state index >= 15 is 0 Å². The zero-order valence-corrected chi connectivity index (χ0v) is 12.6. The standard InChI is InChI=1S/C13H22N2O6/c1-7(14-12(20)21-13(2,3)4)10(17)15-6-5-8(16)9(15)11(18)19/h7-9,16H,5-6H2,1-4H3,(H,14,20)(H,18,19)/t7-,8-,9-/m0/s1. The molecule has 3 N–H and O–H groups in total. The fraction of sp³-hybridized carbons (Fsp3) is 0.769. The van der Waals surface area contributed by atoms with Crippen LogP contribution in [0.5, 0.6) is 0 Å². The molecule has 0 aromatic carbocycles. The summed E-state index contributed by atoms with van der Waals surface area (Å²) in [5.74, 6) is -1.83. The van der Waals surface area contributed by atoms with Crippen molar-refractivity contribution in [1.82, 2.24) is 10.2 Å². The smallest absolute Gasteiger partial charge is 0.408 e. The van der Waals surface area contributed by atoms with E-state index in [1.165, 1.54) is 6.92 Å². The molecule has 1 heterocycles. The monoisotopic (exact) mass is 302 g/mol. The molecule has 1 aliphatic heterocycles. The maximum atomic E-state index is 12.2. The van der Waals surface area contributed by atoms with Crippen LogP contribution in [0.15, 0.2) is 0 Å². The zero-order valence-electron chi connectivity index (χ0n) is 12.6. The molecule has 21 heavy (non-hydrogen) atoms. The molecular formula is C13H22N2O6. The third-order valence-electron chi connectivity index (χ3n) is 3.01. The molecule has 0 aromatic rings. The highest BCUT2D eigenvalue weighted by atomic mass is 16.6. The van der Waals surface area contributed by atoms with Crippen molar-refractivity contribution in [3.05, 3.63) is 0 Å². The average Bonchev–Trinajstić information content (AvgIpc) is 2.67. The Labute approximate surface area is 123 Å². The first-order valence-electron chi connectivity index (χ1n) is 6.74. The highest BCUT2D eigenvalue weighted by Gasteiger charge is 2.42. The number of carboxylic acid groups (broad SMARTS) is 1. The molecule has 1 rings (SSSR count). The van der Waals surface area contributed by atoms with Gasteiger partial charge in [-0.15, -0.1) is 0 Å². The van der Waals surface area contributed by atoms with Gasteiger partial charge < -0.3 is 25.2 Å². The van der Waals surface area contributed by atoms with E-state index in [0.717, 1.165) is 4.90 Å². The number of aliphatic hydroxyl groups is 1. The van der Waals surface area contributed by atoms with E-state index in [0.29, 0.717) is 0 Å². The van der Waals surface area contributed by atoms with Gasteiger partial charge in [0.2, 0.25) is 5.91 Å². The second-order valence-electron chi connectivity index (χ2n) is 6.04. The van der Waals surface area contributed by atoms with Gasteiger partial charge in [-0.3, -0.25) is 4.79 Å². The van der Waals surface area contributed by atoms with Crippen LogP contribution in [0.25, 0.3) is 0 Å². The van der Waals surface area contributed by atoms with Crippen molar-refractivity contribution in [2.45, 2.75) is 57.9 Å². The third-order valence-corrected chi connectivity index (χ3v) is 3.01. The highest BCUT2D eigenvalue weighted by molar-refractivity contribution is 5.89. The van der Waals surface area contributed by atoms with Crippen LogP contribution < -0.4 is 5.32 Å². The van der Waals surface area contributed by atoms with E-state index in [4.69, 9.17) is 9.84 Å². The van der Waals surface area contributed by atoms with Gasteiger partial charge >= 0.3 is 12.1 Å². The summed E-state index contributed by atoms with van der Waals surface area (Å²) in [5.41, 5.74) is -0.694. The fourth-order valence-electron chi connectivity index (χ4n) is 2.12. The number of hydrogen-bond donors (Lipinski definition) is 3. The highest BCUT2D eigenvalue weighted by Crippen LogP contribution is 2.19. The summed E-state index contributed by atoms with van der Waals surface area (Å²) in [4.78, 5) is 35.9. The Balaban J connectivity index is 2.66. The largest absolute Gasteiger partial charge is 0.480 e. The molecule has 0 spiro atoms. The van der Waals surface area contributed by atoms with Gasteiger partial charge in [-0.2, -0.15) is 0 Å². The number of aliphatic carboxylic acids is 1. The van der Waals surface area contributed by atoms with Crippen molar-refractivity contribution in [1.29, 1.82) is 0 Å². The number of carbonyl (C=O) groups is 3. The molecule has 1 aliphatic rings. The predicted molar refractivity (Wildman–Crippen MR) is 72.6 cm³/mol. The molecule has 1 fully saturated rings. The Morgan fingerprint density at radius 3 is 2.38 bits per heavy atom. The lowest BCUT2D eigenvalue weighted by Crippen LogP contribution is -2.52. The first kappa shape index (κ1) is 17.2. The molecule has 3 atom stereocenters. The van der Waals surface area contributed by atoms with Crippen molar-refractivity contribution in [2.75, 3.05) is 6.54 Å². The second-order valence-corrected chi connectivity index (χ2v) is 6.04. The summed E-state index contributed by atoms with van der Waals surface area (Å²) >= 11 is 0. The Hall–Kier alpha value is -1.83. The Morgan fingerprint density at radius 2 is 1.90 bits per heavy atom. The molecular weight excluding hydrogens is 280 g/mol. The van der Waals surface area contributed by atoms with Crippen molar-refractivity contribution < 1.29 is 29.3 Å². The number of nitrogens with one attached hydrogen (secondary N) is 1. The molecule has 2 amide bonds. The summed E-state index contributed by atoms with van der Waals surface area (Å²) in [7, 11) is 0. The van der Waals surface area contributed by atoms with Crippen molar-refractivity contribution in [2.24, 2.45) is 0 Å². The van der Waals surface area contributed by atoms with E-state index in [9.17, 15) is 19.5 Å². The summed E-state index contributed by atoms with van der Waals surface area (Å²) in [6.45, 7) is 6.65. The second kappa shape index (κ2) is 6.30. The lowest BCUT2D eigenvalue weighted by atomic mass is 10.1. The quantitative estimate of drug-likeness (QED) is 0.673. The zero-order chi connectivity index (χ0) is 16.4. The number of ether oxygens (including phenoxy) is 1. The summed E-state index contributed by atoms with van der Waals surface area (Å²) < 4.78 is 5.03. The maximum Gasteiger partial charge on any atom is 0.408 e. The number of hydrogen-bond acceptors (Lipinski definition) is 5. The molecule has 8 nitrogen and oxygen atoms in total. The van der Waals surface area contributed by atoms with Crippen molar-refractivity contribution in [3.63, 3.8) is 0 Å². The molecule has 0 bridgehead atoms. The summed E-state index contributed by atoms with van der Waals surface area (Å²) in [6, 6.07) is -2.22. The van der Waals surface area contributed by atoms with Crippen LogP contribution in [0, 0.1) is 0 Å². The Morgan fingerprint density at radius 1 is 1.33 bits per heavy atom. The van der Waals surface area contributed by atoms with Gasteiger partial charge in [0.1, 0.15) is 11.6 Å². The molecule has 0 unspecified atom stereocenters. The number of rotatable bonds is 3. The molecule has 120 valence electrons. The van der Waals surface area contributed by atoms with Gasteiger partial charge in [-0.05, 0) is 34.1 Å². The fourth-order valence-corrected chi connectivity index (χ4v) is 2.12. The van der Waals surface area contributed by atoms with Crippen LogP contribution >= 0.6 is 0 Å². The normalized spacial score (nSPS) is 23.6. The van der Waals surface area contributed by atoms with Crippen LogP contribution in [-0.4, -0.2) is 63.4 Å². The number of carboxylic acids is 1. The molecule has 0 radical (unpaired) electrons. The minimum Gasteiger partial charge on any atom is -0.480 e. The van der Waals surface area contributed by atoms with Crippen LogP contribution in [-0.2, 0) is 14.3 Å². The average molecular weight is 302 g/mol. The first-order valence-corrected chi connectivity index (χ1v) is 6.74. The molecule has 1 saturated heterocycles. The number of aliphatic hydroxyl groups excluding tert-OH is 1. The summed E-state index contributed by atoms with van der Waals surface area (Å²) in [5, 5.41) is 21.0. The number of nitrogens with zero attached hydrogens (tertiary/aromatic N) is 1. The van der Waals surface area contributed by atoms with E-state index in [2.05, 4.69) is 5.32 Å². The molecule has 0 aromatic heterocycles. The molecule has 8 heteroatoms. The van der Waals surface area contributed by atoms with Crippen molar-refractivity contribution in [3.8, 4) is 0 Å². The van der Waals surface area contributed by atoms with E-state index in [1.54, 1.807) is 20.8 Å². The van der Waals surface area contributed by atoms with Gasteiger partial charge in [0.15, 0.2) is 6.04 Å². The van der Waals surface area contributed by atoms with Gasteiger partial charge in [-0.1, -0.05) is 0 Å². The number of alkyl carbamates (subject to hydrolysis) is 1. The third kappa shape index (κ3) is 4.59. The van der Waals surface area contributed by atoms with Gasteiger partial charge in [-0.25, -0.2) is 9.59 Å². The van der Waals surface area contributed by atoms with Crippen LogP contribution in [0.1, 0.15) is 34.1 Å². The lowest BCUT2D eigenvalue weighted by molar-refractivity contribution is -0.151. The minimum atomic E-state index is -1.28. The topological polar surface area (TPSA) is 116 Å². The van der Waals surface area contributed by atoms with Gasteiger partial charge in [0, 0.05) is 6.54 Å². The van der Waals surface area contributed by atoms with E-state index in [1.807, 2.05) is 0 Å². The number of carbonyl (C=O) groups excluding carboxylic acids is 2. The number of amides is 2. The van der Waals surface area contributed by atoms with E-state index < -0.39 is 41.8 Å². The number of likely N-dealkylation sites (tertiary alicyclic amines) is 1. The SMILES string of the molecule is C[C@H](NC(=O)OC(C)(C)C)C(=O)N1CC[C@H](O)[C@H]1C(=O)O. The molecule has 0 saturated carbocycles. The van der Waals surface area contributed by atoms with Gasteiger partial charge in [0.25, 0.3) is 0 Å². The van der Waals surface area contributed by atoms with Crippen molar-refractivity contribution >= 4 is 18.0 Å². The Bertz CT molecular complexity index is 431. The lowest BCUT2D eigenvalue weighted by Gasteiger charge is -2.27. The van der Waals surface area contributed by atoms with Crippen LogP contribution in [0.4, 0.5) is 4.79 Å². The predicted octanol–water partition coefficient (Wildman–Crippen LogP) is -0.0540. The first-order chi connectivity index (χ1) is 9.53. The maximum absolute atomic E-state index is 12.2. The van der Waals surface area contributed by atoms with Crippen LogP contribution in [0.2, 0.25) is 0 Å². The Kier molecular flexibility index (Phi) is 5.16. The van der Waals surface area contributed by atoms with Gasteiger partial charge in [0.05, 0.1) is 6.10 Å².